The molecule has 2 saturated heterocycles. The molecule has 0 bridgehead atoms. The number of thioether (sulfide) groups is 1. The lowest BCUT2D eigenvalue weighted by atomic mass is 9.58. The fraction of sp³-hybridized carbons (Fsp3) is 0.889. The topological polar surface area (TPSA) is 29.1 Å². The minimum absolute atomic E-state index is 0.330. The van der Waals surface area contributed by atoms with Crippen LogP contribution in [0.5, 0.6) is 0 Å². The molecule has 2 heterocycles. The standard InChI is InChI=1S/C9H13NOS/c11-3-8-9-6-2-10-1-5(6)7(9)4-12-8/h3,5-10H,1-2,4H2. The van der Waals surface area contributed by atoms with Gasteiger partial charge in [0.05, 0.1) is 5.25 Å². The highest BCUT2D eigenvalue weighted by Crippen LogP contribution is 2.57. The Kier molecular flexibility index (Phi) is 1.53. The first kappa shape index (κ1) is 7.39. The summed E-state index contributed by atoms with van der Waals surface area (Å²) in [4.78, 5) is 10.7. The van der Waals surface area contributed by atoms with Gasteiger partial charge in [-0.25, -0.2) is 0 Å². The zero-order valence-electron chi connectivity index (χ0n) is 6.90. The van der Waals surface area contributed by atoms with Crippen LogP contribution in [0.2, 0.25) is 0 Å². The molecule has 2 nitrogen and oxygen atoms in total. The van der Waals surface area contributed by atoms with Crippen LogP contribution in [0, 0.1) is 23.7 Å². The second-order valence-corrected chi connectivity index (χ2v) is 5.37. The molecule has 3 aliphatic rings. The van der Waals surface area contributed by atoms with Gasteiger partial charge in [-0.2, -0.15) is 11.8 Å². The fourth-order valence-electron chi connectivity index (χ4n) is 3.25. The average Bonchev–Trinajstić information content (AvgIpc) is 2.58. The first-order valence-corrected chi connectivity index (χ1v) is 5.74. The summed E-state index contributed by atoms with van der Waals surface area (Å²) in [5.74, 6) is 4.57. The lowest BCUT2D eigenvalue weighted by molar-refractivity contribution is -0.110. The number of carbonyl (C=O) groups is 1. The number of hydrogen-bond donors (Lipinski definition) is 1. The number of hydrogen-bond acceptors (Lipinski definition) is 3. The summed E-state index contributed by atoms with van der Waals surface area (Å²) in [7, 11) is 0. The molecule has 1 saturated carbocycles. The molecule has 5 unspecified atom stereocenters. The third-order valence-corrected chi connectivity index (χ3v) is 5.23. The molecule has 3 rings (SSSR count). The second kappa shape index (κ2) is 2.48. The summed E-state index contributed by atoms with van der Waals surface area (Å²) < 4.78 is 0. The molecule has 0 aromatic heterocycles. The Morgan fingerprint density at radius 1 is 1.25 bits per heavy atom. The van der Waals surface area contributed by atoms with E-state index in [4.69, 9.17) is 0 Å². The van der Waals surface area contributed by atoms with Crippen LogP contribution in [-0.4, -0.2) is 30.4 Å². The van der Waals surface area contributed by atoms with Crippen LogP contribution in [-0.2, 0) is 4.79 Å². The van der Waals surface area contributed by atoms with Crippen molar-refractivity contribution < 1.29 is 4.79 Å². The molecule has 3 fully saturated rings. The van der Waals surface area contributed by atoms with Crippen molar-refractivity contribution in [3.63, 3.8) is 0 Å². The molecule has 66 valence electrons. The molecule has 3 heteroatoms. The van der Waals surface area contributed by atoms with Crippen LogP contribution >= 0.6 is 11.8 Å². The minimum atomic E-state index is 0.330. The van der Waals surface area contributed by atoms with Gasteiger partial charge in [0.15, 0.2) is 0 Å². The van der Waals surface area contributed by atoms with Crippen LogP contribution < -0.4 is 5.32 Å². The van der Waals surface area contributed by atoms with Crippen LogP contribution in [0.25, 0.3) is 0 Å². The van der Waals surface area contributed by atoms with Gasteiger partial charge in [-0.3, -0.25) is 0 Å². The van der Waals surface area contributed by atoms with Gasteiger partial charge in [-0.1, -0.05) is 0 Å². The van der Waals surface area contributed by atoms with E-state index < -0.39 is 0 Å². The highest BCUT2D eigenvalue weighted by molar-refractivity contribution is 8.00. The Bertz CT molecular complexity index is 215. The molecule has 12 heavy (non-hydrogen) atoms. The molecule has 2 aliphatic heterocycles. The first-order chi connectivity index (χ1) is 5.92. The molecule has 1 aliphatic carbocycles. The van der Waals surface area contributed by atoms with Crippen LogP contribution in [0.3, 0.4) is 0 Å². The Hall–Kier alpha value is -0.0200. The molecule has 0 amide bonds. The maximum atomic E-state index is 10.7. The molecule has 0 aromatic carbocycles. The Morgan fingerprint density at radius 3 is 2.92 bits per heavy atom. The van der Waals surface area contributed by atoms with E-state index in [1.165, 1.54) is 18.6 Å². The zero-order valence-corrected chi connectivity index (χ0v) is 7.72. The van der Waals surface area contributed by atoms with Crippen molar-refractivity contribution in [1.29, 1.82) is 0 Å². The minimum Gasteiger partial charge on any atom is -0.316 e. The van der Waals surface area contributed by atoms with Crippen molar-refractivity contribution in [1.82, 2.24) is 5.32 Å². The smallest absolute Gasteiger partial charge is 0.133 e. The number of carbonyl (C=O) groups excluding carboxylic acids is 1. The first-order valence-electron chi connectivity index (χ1n) is 4.69. The van der Waals surface area contributed by atoms with Crippen molar-refractivity contribution in [3.05, 3.63) is 0 Å². The van der Waals surface area contributed by atoms with Gasteiger partial charge in [0, 0.05) is 0 Å². The lowest BCUT2D eigenvalue weighted by Gasteiger charge is -2.45. The molecule has 0 radical (unpaired) electrons. The van der Waals surface area contributed by atoms with E-state index in [1.807, 2.05) is 11.8 Å². The molecule has 0 spiro atoms. The van der Waals surface area contributed by atoms with Gasteiger partial charge >= 0.3 is 0 Å². The summed E-state index contributed by atoms with van der Waals surface area (Å²) in [6.07, 6.45) is 1.17. The van der Waals surface area contributed by atoms with E-state index in [9.17, 15) is 4.79 Å². The Labute approximate surface area is 76.5 Å². The van der Waals surface area contributed by atoms with Gasteiger partial charge in [0.25, 0.3) is 0 Å². The highest BCUT2D eigenvalue weighted by atomic mass is 32.2. The summed E-state index contributed by atoms with van der Waals surface area (Å²) in [6, 6.07) is 0. The largest absolute Gasteiger partial charge is 0.316 e. The van der Waals surface area contributed by atoms with Crippen molar-refractivity contribution in [2.45, 2.75) is 5.25 Å². The van der Waals surface area contributed by atoms with Gasteiger partial charge in [0.2, 0.25) is 0 Å². The van der Waals surface area contributed by atoms with Crippen LogP contribution in [0.1, 0.15) is 0 Å². The summed E-state index contributed by atoms with van der Waals surface area (Å²) in [5.41, 5.74) is 0. The van der Waals surface area contributed by atoms with E-state index >= 15 is 0 Å². The third kappa shape index (κ3) is 0.740. The van der Waals surface area contributed by atoms with E-state index in [1.54, 1.807) is 0 Å². The normalized spacial score (nSPS) is 55.8. The predicted molar refractivity (Wildman–Crippen MR) is 49.1 cm³/mol. The maximum Gasteiger partial charge on any atom is 0.133 e. The van der Waals surface area contributed by atoms with Gasteiger partial charge in [-0.15, -0.1) is 0 Å². The number of aldehydes is 1. The van der Waals surface area contributed by atoms with Crippen molar-refractivity contribution in [3.8, 4) is 0 Å². The number of nitrogens with one attached hydrogen (secondary N) is 1. The van der Waals surface area contributed by atoms with Gasteiger partial charge in [-0.05, 0) is 42.5 Å². The highest BCUT2D eigenvalue weighted by Gasteiger charge is 2.58. The van der Waals surface area contributed by atoms with E-state index in [-0.39, 0.29) is 0 Å². The predicted octanol–water partition coefficient (Wildman–Crippen LogP) is 0.382. The third-order valence-electron chi connectivity index (χ3n) is 3.84. The molecular formula is C9H13NOS. The quantitative estimate of drug-likeness (QED) is 0.596. The van der Waals surface area contributed by atoms with Gasteiger partial charge < -0.3 is 10.1 Å². The molecule has 5 atom stereocenters. The van der Waals surface area contributed by atoms with E-state index in [0.717, 1.165) is 30.2 Å². The Balaban J connectivity index is 1.82. The maximum absolute atomic E-state index is 10.7. The monoisotopic (exact) mass is 183 g/mol. The summed E-state index contributed by atoms with van der Waals surface area (Å²) in [5, 5.41) is 3.76. The summed E-state index contributed by atoms with van der Waals surface area (Å²) in [6.45, 7) is 2.37. The fourth-order valence-corrected chi connectivity index (χ4v) is 4.87. The zero-order chi connectivity index (χ0) is 8.13. The SMILES string of the molecule is O=CC1SCC2C3CNCC3C12. The van der Waals surface area contributed by atoms with Crippen LogP contribution in [0.15, 0.2) is 0 Å². The molecule has 0 aromatic rings. The van der Waals surface area contributed by atoms with E-state index in [0.29, 0.717) is 5.25 Å². The second-order valence-electron chi connectivity index (χ2n) is 4.16. The lowest BCUT2D eigenvalue weighted by Crippen LogP contribution is -2.47. The molecular weight excluding hydrogens is 170 g/mol. The summed E-state index contributed by atoms with van der Waals surface area (Å²) >= 11 is 1.88. The number of fused-ring (bicyclic) bond motifs is 4. The Morgan fingerprint density at radius 2 is 2.08 bits per heavy atom. The molecule has 1 N–H and O–H groups in total. The van der Waals surface area contributed by atoms with Crippen molar-refractivity contribution in [2.75, 3.05) is 18.8 Å². The van der Waals surface area contributed by atoms with Crippen LogP contribution in [0.4, 0.5) is 0 Å². The number of rotatable bonds is 1. The van der Waals surface area contributed by atoms with Gasteiger partial charge in [0.1, 0.15) is 6.29 Å². The van der Waals surface area contributed by atoms with Crippen molar-refractivity contribution in [2.24, 2.45) is 23.7 Å². The average molecular weight is 183 g/mol. The van der Waals surface area contributed by atoms with E-state index in [2.05, 4.69) is 5.32 Å². The van der Waals surface area contributed by atoms with Crippen molar-refractivity contribution >= 4 is 18.0 Å².